The van der Waals surface area contributed by atoms with Crippen LogP contribution in [-0.4, -0.2) is 55.4 Å². The first-order valence-electron chi connectivity index (χ1n) is 10.6. The van der Waals surface area contributed by atoms with Crippen LogP contribution in [-0.2, 0) is 9.59 Å². The van der Waals surface area contributed by atoms with E-state index in [4.69, 9.17) is 4.98 Å². The molecule has 8 heteroatoms. The fourth-order valence-electron chi connectivity index (χ4n) is 3.89. The van der Waals surface area contributed by atoms with E-state index in [2.05, 4.69) is 13.0 Å². The highest BCUT2D eigenvalue weighted by Gasteiger charge is 2.38. The molecule has 1 aromatic heterocycles. The molecule has 1 aliphatic rings. The Bertz CT molecular complexity index is 1160. The van der Waals surface area contributed by atoms with Gasteiger partial charge in [-0.15, -0.1) is 0 Å². The average molecular weight is 455 g/mol. The molecule has 6 nitrogen and oxygen atoms in total. The standard InChI is InChI=1S/C24H27FN4O2S/c1-15-5-10-20-22(16(15)2)26-24(32-20)28(12-11-27(3)4)23(31)17-13-21(30)29(14-17)19-8-6-18(25)7-9-19/h5-10,17H,11-14H2,1-4H3. The maximum atomic E-state index is 13.6. The number of benzene rings is 2. The molecule has 0 spiro atoms. The smallest absolute Gasteiger partial charge is 0.234 e. The number of carbonyl (C=O) groups is 2. The Balaban J connectivity index is 1.62. The zero-order chi connectivity index (χ0) is 23.0. The van der Waals surface area contributed by atoms with Crippen LogP contribution in [0.3, 0.4) is 0 Å². The Kier molecular flexibility index (Phi) is 6.26. The Morgan fingerprint density at radius 3 is 2.56 bits per heavy atom. The van der Waals surface area contributed by atoms with Crippen molar-refractivity contribution in [1.29, 1.82) is 0 Å². The first-order valence-corrected chi connectivity index (χ1v) is 11.4. The first kappa shape index (κ1) is 22.4. The van der Waals surface area contributed by atoms with Gasteiger partial charge < -0.3 is 9.80 Å². The highest BCUT2D eigenvalue weighted by Crippen LogP contribution is 2.34. The Labute approximate surface area is 191 Å². The molecule has 2 aromatic carbocycles. The SMILES string of the molecule is Cc1ccc2sc(N(CCN(C)C)C(=O)C3CC(=O)N(c4ccc(F)cc4)C3)nc2c1C. The van der Waals surface area contributed by atoms with Gasteiger partial charge in [-0.05, 0) is 69.4 Å². The maximum Gasteiger partial charge on any atom is 0.234 e. The first-order chi connectivity index (χ1) is 15.2. The van der Waals surface area contributed by atoms with Crippen LogP contribution in [0.2, 0.25) is 0 Å². The van der Waals surface area contributed by atoms with Crippen LogP contribution in [0.5, 0.6) is 0 Å². The molecule has 2 amide bonds. The normalized spacial score (nSPS) is 16.4. The zero-order valence-corrected chi connectivity index (χ0v) is 19.6. The van der Waals surface area contributed by atoms with E-state index in [1.165, 1.54) is 23.5 Å². The molecule has 0 N–H and O–H groups in total. The summed E-state index contributed by atoms with van der Waals surface area (Å²) >= 11 is 1.50. The third-order valence-electron chi connectivity index (χ3n) is 5.95. The number of fused-ring (bicyclic) bond motifs is 1. The largest absolute Gasteiger partial charge is 0.312 e. The van der Waals surface area contributed by atoms with Gasteiger partial charge in [-0.3, -0.25) is 14.5 Å². The van der Waals surface area contributed by atoms with Crippen LogP contribution in [0.25, 0.3) is 10.2 Å². The topological polar surface area (TPSA) is 56.8 Å². The van der Waals surface area contributed by atoms with Crippen molar-refractivity contribution in [2.45, 2.75) is 20.3 Å². The summed E-state index contributed by atoms with van der Waals surface area (Å²) < 4.78 is 14.3. The highest BCUT2D eigenvalue weighted by atomic mass is 32.1. The Morgan fingerprint density at radius 2 is 1.88 bits per heavy atom. The van der Waals surface area contributed by atoms with Gasteiger partial charge in [0.25, 0.3) is 0 Å². The quantitative estimate of drug-likeness (QED) is 0.565. The van der Waals surface area contributed by atoms with Crippen molar-refractivity contribution in [3.05, 3.63) is 53.3 Å². The van der Waals surface area contributed by atoms with Gasteiger partial charge in [0.05, 0.1) is 16.1 Å². The fourth-order valence-corrected chi connectivity index (χ4v) is 4.95. The minimum atomic E-state index is -0.468. The predicted molar refractivity (Wildman–Crippen MR) is 127 cm³/mol. The van der Waals surface area contributed by atoms with Crippen molar-refractivity contribution in [3.63, 3.8) is 0 Å². The van der Waals surface area contributed by atoms with Crippen molar-refractivity contribution >= 4 is 44.2 Å². The van der Waals surface area contributed by atoms with Crippen LogP contribution in [0.15, 0.2) is 36.4 Å². The average Bonchev–Trinajstić information content (AvgIpc) is 3.35. The minimum absolute atomic E-state index is 0.0988. The summed E-state index contributed by atoms with van der Waals surface area (Å²) in [7, 11) is 3.92. The van der Waals surface area contributed by atoms with E-state index in [0.717, 1.165) is 21.3 Å². The molecule has 1 atom stereocenters. The lowest BCUT2D eigenvalue weighted by Crippen LogP contribution is -2.41. The van der Waals surface area contributed by atoms with Gasteiger partial charge in [-0.25, -0.2) is 9.37 Å². The van der Waals surface area contributed by atoms with Crippen molar-refractivity contribution in [2.24, 2.45) is 5.92 Å². The number of likely N-dealkylation sites (N-methyl/N-ethyl adjacent to an activating group) is 1. The molecule has 168 valence electrons. The number of hydrogen-bond acceptors (Lipinski definition) is 5. The molecule has 0 saturated carbocycles. The number of hydrogen-bond donors (Lipinski definition) is 0. The summed E-state index contributed by atoms with van der Waals surface area (Å²) in [6, 6.07) is 9.91. The fraction of sp³-hybridized carbons (Fsp3) is 0.375. The van der Waals surface area contributed by atoms with E-state index in [0.29, 0.717) is 23.9 Å². The third-order valence-corrected chi connectivity index (χ3v) is 7.00. The van der Waals surface area contributed by atoms with Crippen molar-refractivity contribution in [3.8, 4) is 0 Å². The number of aryl methyl sites for hydroxylation is 2. The number of thiazole rings is 1. The summed E-state index contributed by atoms with van der Waals surface area (Å²) in [6.45, 7) is 5.55. The van der Waals surface area contributed by atoms with E-state index in [-0.39, 0.29) is 30.6 Å². The predicted octanol–water partition coefficient (Wildman–Crippen LogP) is 4.00. The van der Waals surface area contributed by atoms with Crippen LogP contribution < -0.4 is 9.80 Å². The molecule has 0 aliphatic carbocycles. The lowest BCUT2D eigenvalue weighted by atomic mass is 10.1. The molecule has 1 fully saturated rings. The number of halogens is 1. The van der Waals surface area contributed by atoms with E-state index in [1.807, 2.05) is 32.0 Å². The van der Waals surface area contributed by atoms with Crippen LogP contribution in [0.4, 0.5) is 15.2 Å². The van der Waals surface area contributed by atoms with Gasteiger partial charge >= 0.3 is 0 Å². The second kappa shape index (κ2) is 8.96. The summed E-state index contributed by atoms with van der Waals surface area (Å²) in [5, 5.41) is 0.660. The maximum absolute atomic E-state index is 13.6. The van der Waals surface area contributed by atoms with Crippen molar-refractivity contribution < 1.29 is 14.0 Å². The van der Waals surface area contributed by atoms with Crippen LogP contribution in [0, 0.1) is 25.6 Å². The lowest BCUT2D eigenvalue weighted by Gasteiger charge is -2.24. The molecule has 0 radical (unpaired) electrons. The van der Waals surface area contributed by atoms with Gasteiger partial charge in [-0.2, -0.15) is 0 Å². The van der Waals surface area contributed by atoms with Gasteiger partial charge in [0, 0.05) is 31.7 Å². The molecular formula is C24H27FN4O2S. The van der Waals surface area contributed by atoms with Crippen molar-refractivity contribution in [2.75, 3.05) is 43.5 Å². The molecule has 3 aromatic rings. The van der Waals surface area contributed by atoms with E-state index >= 15 is 0 Å². The van der Waals surface area contributed by atoms with E-state index in [9.17, 15) is 14.0 Å². The number of carbonyl (C=O) groups excluding carboxylic acids is 2. The molecule has 4 rings (SSSR count). The van der Waals surface area contributed by atoms with E-state index in [1.54, 1.807) is 21.9 Å². The number of nitrogens with zero attached hydrogens (tertiary/aromatic N) is 4. The summed E-state index contributed by atoms with van der Waals surface area (Å²) in [4.78, 5) is 36.4. The number of amides is 2. The minimum Gasteiger partial charge on any atom is -0.312 e. The summed E-state index contributed by atoms with van der Waals surface area (Å²) in [5.74, 6) is -1.05. The Hall–Kier alpha value is -2.84. The molecule has 1 saturated heterocycles. The number of anilines is 2. The highest BCUT2D eigenvalue weighted by molar-refractivity contribution is 7.22. The molecule has 0 bridgehead atoms. The number of aromatic nitrogens is 1. The second-order valence-electron chi connectivity index (χ2n) is 8.53. The molecule has 1 aliphatic heterocycles. The summed E-state index contributed by atoms with van der Waals surface area (Å²) in [5.41, 5.74) is 3.81. The van der Waals surface area contributed by atoms with Gasteiger partial charge in [-0.1, -0.05) is 17.4 Å². The monoisotopic (exact) mass is 454 g/mol. The molecular weight excluding hydrogens is 427 g/mol. The Morgan fingerprint density at radius 1 is 1.16 bits per heavy atom. The summed E-state index contributed by atoms with van der Waals surface area (Å²) in [6.07, 6.45) is 0.137. The lowest BCUT2D eigenvalue weighted by molar-refractivity contribution is -0.124. The van der Waals surface area contributed by atoms with Crippen molar-refractivity contribution in [1.82, 2.24) is 9.88 Å². The van der Waals surface area contributed by atoms with E-state index < -0.39 is 5.92 Å². The molecule has 2 heterocycles. The van der Waals surface area contributed by atoms with Gasteiger partial charge in [0.1, 0.15) is 5.82 Å². The van der Waals surface area contributed by atoms with Crippen LogP contribution >= 0.6 is 11.3 Å². The number of rotatable bonds is 6. The van der Waals surface area contributed by atoms with Gasteiger partial charge in [0.2, 0.25) is 11.8 Å². The van der Waals surface area contributed by atoms with Gasteiger partial charge in [0.15, 0.2) is 5.13 Å². The van der Waals surface area contributed by atoms with Crippen LogP contribution in [0.1, 0.15) is 17.5 Å². The molecule has 1 unspecified atom stereocenters. The molecule has 32 heavy (non-hydrogen) atoms. The zero-order valence-electron chi connectivity index (χ0n) is 18.8. The third kappa shape index (κ3) is 4.38. The second-order valence-corrected chi connectivity index (χ2v) is 9.53.